The Morgan fingerprint density at radius 3 is 2.59 bits per heavy atom. The highest BCUT2D eigenvalue weighted by atomic mass is 19.4. The van der Waals surface area contributed by atoms with Crippen molar-refractivity contribution in [2.45, 2.75) is 33.0 Å². The van der Waals surface area contributed by atoms with Gasteiger partial charge in [0, 0.05) is 30.9 Å². The van der Waals surface area contributed by atoms with E-state index in [0.29, 0.717) is 6.54 Å². The number of rotatable bonds is 3. The van der Waals surface area contributed by atoms with Crippen LogP contribution in [0.1, 0.15) is 23.4 Å². The number of halogens is 3. The number of aromatic amines is 1. The molecule has 2 heterocycles. The lowest BCUT2D eigenvalue weighted by atomic mass is 9.96. The lowest BCUT2D eigenvalue weighted by Gasteiger charge is -2.22. The number of hydrogen-bond acceptors (Lipinski definition) is 4. The Morgan fingerprint density at radius 2 is 2.09 bits per heavy atom. The first-order valence-corrected chi connectivity index (χ1v) is 7.05. The zero-order valence-electron chi connectivity index (χ0n) is 12.7. The fraction of sp³-hybridized carbons (Fsp3) is 0.714. The van der Waals surface area contributed by atoms with Gasteiger partial charge in [0.15, 0.2) is 0 Å². The molecule has 1 saturated carbocycles. The third-order valence-corrected chi connectivity index (χ3v) is 5.16. The van der Waals surface area contributed by atoms with E-state index in [1.165, 1.54) is 0 Å². The number of nitrogens with one attached hydrogen (secondary N) is 1. The van der Waals surface area contributed by atoms with E-state index >= 15 is 0 Å². The van der Waals surface area contributed by atoms with E-state index in [4.69, 9.17) is 0 Å². The van der Waals surface area contributed by atoms with Crippen molar-refractivity contribution in [1.29, 1.82) is 0 Å². The minimum atomic E-state index is -4.41. The van der Waals surface area contributed by atoms with Crippen LogP contribution in [0, 0.1) is 24.7 Å². The highest BCUT2D eigenvalue weighted by Gasteiger charge is 2.86. The fourth-order valence-electron chi connectivity index (χ4n) is 3.84. The van der Waals surface area contributed by atoms with Gasteiger partial charge in [0.2, 0.25) is 0 Å². The number of aryl methyl sites for hydroxylation is 2. The lowest BCUT2D eigenvalue weighted by molar-refractivity contribution is -0.197. The summed E-state index contributed by atoms with van der Waals surface area (Å²) >= 11 is 0. The van der Waals surface area contributed by atoms with Crippen LogP contribution in [-0.4, -0.2) is 47.4 Å². The maximum atomic E-state index is 13.5. The minimum Gasteiger partial charge on any atom is -0.469 e. The van der Waals surface area contributed by atoms with Gasteiger partial charge >= 0.3 is 12.1 Å². The Kier molecular flexibility index (Phi) is 3.11. The second kappa shape index (κ2) is 4.47. The van der Waals surface area contributed by atoms with Crippen LogP contribution in [0.15, 0.2) is 0 Å². The Balaban J connectivity index is 1.86. The first-order valence-electron chi connectivity index (χ1n) is 7.05. The van der Waals surface area contributed by atoms with Crippen LogP contribution in [0.2, 0.25) is 0 Å². The van der Waals surface area contributed by atoms with Crippen molar-refractivity contribution < 1.29 is 22.7 Å². The quantitative estimate of drug-likeness (QED) is 0.866. The molecule has 0 spiro atoms. The zero-order valence-corrected chi connectivity index (χ0v) is 12.7. The number of hydrogen-bond donors (Lipinski definition) is 1. The van der Waals surface area contributed by atoms with Gasteiger partial charge in [-0.2, -0.15) is 18.3 Å². The third kappa shape index (κ3) is 1.82. The van der Waals surface area contributed by atoms with Crippen molar-refractivity contribution in [3.8, 4) is 0 Å². The van der Waals surface area contributed by atoms with Crippen LogP contribution < -0.4 is 0 Å². The Labute approximate surface area is 125 Å². The smallest absolute Gasteiger partial charge is 0.396 e. The first kappa shape index (κ1) is 15.3. The number of carbonyl (C=O) groups excluding carboxylic acids is 1. The molecule has 22 heavy (non-hydrogen) atoms. The molecule has 2 aliphatic rings. The summed E-state index contributed by atoms with van der Waals surface area (Å²) in [5.41, 5.74) is -0.902. The normalized spacial score (nSPS) is 31.2. The highest BCUT2D eigenvalue weighted by Crippen LogP contribution is 2.75. The first-order chi connectivity index (χ1) is 10.2. The lowest BCUT2D eigenvalue weighted by Crippen LogP contribution is -2.35. The highest BCUT2D eigenvalue weighted by molar-refractivity contribution is 5.83. The van der Waals surface area contributed by atoms with Gasteiger partial charge in [-0.15, -0.1) is 0 Å². The summed E-state index contributed by atoms with van der Waals surface area (Å²) in [7, 11) is 1.14. The molecule has 1 aromatic heterocycles. The second-order valence-corrected chi connectivity index (χ2v) is 6.39. The molecule has 1 saturated heterocycles. The number of carbonyl (C=O) groups is 1. The van der Waals surface area contributed by atoms with E-state index in [0.717, 1.165) is 24.1 Å². The maximum absolute atomic E-state index is 13.5. The van der Waals surface area contributed by atoms with Crippen LogP contribution >= 0.6 is 0 Å². The number of fused-ring (bicyclic) bond motifs is 1. The number of H-pyrrole nitrogens is 1. The number of ether oxygens (including phenoxy) is 1. The second-order valence-electron chi connectivity index (χ2n) is 6.39. The Bertz CT molecular complexity index is 608. The van der Waals surface area contributed by atoms with Crippen LogP contribution in [0.3, 0.4) is 0 Å². The summed E-state index contributed by atoms with van der Waals surface area (Å²) in [6.45, 7) is 3.90. The predicted molar refractivity (Wildman–Crippen MR) is 70.9 cm³/mol. The number of esters is 1. The van der Waals surface area contributed by atoms with E-state index < -0.39 is 23.0 Å². The topological polar surface area (TPSA) is 58.2 Å². The van der Waals surface area contributed by atoms with Crippen molar-refractivity contribution in [1.82, 2.24) is 15.1 Å². The molecule has 2 fully saturated rings. The molecule has 1 N–H and O–H groups in total. The number of nitrogens with zero attached hydrogens (tertiary/aromatic N) is 2. The van der Waals surface area contributed by atoms with Gasteiger partial charge in [0.25, 0.3) is 0 Å². The Morgan fingerprint density at radius 1 is 1.41 bits per heavy atom. The number of aromatic nitrogens is 2. The third-order valence-electron chi connectivity index (χ3n) is 5.16. The molecule has 0 amide bonds. The van der Waals surface area contributed by atoms with Crippen LogP contribution in [0.5, 0.6) is 0 Å². The summed E-state index contributed by atoms with van der Waals surface area (Å²) in [6, 6.07) is 0. The van der Waals surface area contributed by atoms with Gasteiger partial charge in [-0.1, -0.05) is 0 Å². The summed E-state index contributed by atoms with van der Waals surface area (Å²) < 4.78 is 45.1. The van der Waals surface area contributed by atoms with Gasteiger partial charge < -0.3 is 4.74 Å². The van der Waals surface area contributed by atoms with Crippen molar-refractivity contribution in [2.75, 3.05) is 20.2 Å². The molecule has 8 heteroatoms. The van der Waals surface area contributed by atoms with Crippen molar-refractivity contribution in [2.24, 2.45) is 10.8 Å². The average molecular weight is 317 g/mol. The van der Waals surface area contributed by atoms with Crippen LogP contribution in [0.25, 0.3) is 0 Å². The largest absolute Gasteiger partial charge is 0.469 e. The number of piperidine rings is 1. The molecule has 0 radical (unpaired) electrons. The molecule has 0 aromatic carbocycles. The molecule has 2 atom stereocenters. The maximum Gasteiger partial charge on any atom is 0.396 e. The number of alkyl halides is 3. The van der Waals surface area contributed by atoms with E-state index in [9.17, 15) is 18.0 Å². The molecule has 1 aromatic rings. The summed E-state index contributed by atoms with van der Waals surface area (Å²) in [6.07, 6.45) is -4.58. The monoisotopic (exact) mass is 317 g/mol. The molecule has 122 valence electrons. The molecule has 5 nitrogen and oxygen atoms in total. The van der Waals surface area contributed by atoms with Crippen molar-refractivity contribution in [3.05, 3.63) is 17.0 Å². The summed E-state index contributed by atoms with van der Waals surface area (Å²) in [5.74, 6) is -0.757. The van der Waals surface area contributed by atoms with Crippen LogP contribution in [-0.2, 0) is 16.1 Å². The zero-order chi connectivity index (χ0) is 16.3. The van der Waals surface area contributed by atoms with Crippen LogP contribution in [0.4, 0.5) is 13.2 Å². The summed E-state index contributed by atoms with van der Waals surface area (Å²) in [4.78, 5) is 13.6. The average Bonchev–Trinajstić information content (AvgIpc) is 2.84. The molecule has 0 bridgehead atoms. The van der Waals surface area contributed by atoms with E-state index in [2.05, 4.69) is 14.9 Å². The van der Waals surface area contributed by atoms with Gasteiger partial charge in [-0.25, -0.2) is 0 Å². The molecule has 3 rings (SSSR count). The summed E-state index contributed by atoms with van der Waals surface area (Å²) in [5, 5.41) is 6.88. The fourth-order valence-corrected chi connectivity index (χ4v) is 3.84. The van der Waals surface area contributed by atoms with E-state index in [1.54, 1.807) is 4.90 Å². The molecule has 1 aliphatic carbocycles. The standard InChI is InChI=1S/C14H18F3N3O2/c1-8-10(9(2)19-18-8)4-20-6-12(11(21)22-3)5-13(12,7-20)14(15,16)17/h4-7H2,1-3H3,(H,18,19)/t12-,13-/m1/s1. The van der Waals surface area contributed by atoms with E-state index in [1.807, 2.05) is 13.8 Å². The number of methoxy groups -OCH3 is 1. The van der Waals surface area contributed by atoms with Gasteiger partial charge in [-0.05, 0) is 20.3 Å². The molecular weight excluding hydrogens is 299 g/mol. The molecule has 1 aliphatic heterocycles. The molecular formula is C14H18F3N3O2. The van der Waals surface area contributed by atoms with Gasteiger partial charge in [0.1, 0.15) is 0 Å². The van der Waals surface area contributed by atoms with E-state index in [-0.39, 0.29) is 19.5 Å². The van der Waals surface area contributed by atoms with Gasteiger partial charge in [-0.3, -0.25) is 14.8 Å². The van der Waals surface area contributed by atoms with Crippen molar-refractivity contribution in [3.63, 3.8) is 0 Å². The number of likely N-dealkylation sites (tertiary alicyclic amines) is 1. The predicted octanol–water partition coefficient (Wildman–Crippen LogP) is 1.95. The minimum absolute atomic E-state index is 0.0727. The molecule has 0 unspecified atom stereocenters. The van der Waals surface area contributed by atoms with Crippen molar-refractivity contribution >= 4 is 5.97 Å². The SMILES string of the molecule is COC(=O)[C@@]12CN(Cc3c(C)n[nH]c3C)C[C@]1(C(F)(F)F)C2. The Hall–Kier alpha value is -1.57. The van der Waals surface area contributed by atoms with Gasteiger partial charge in [0.05, 0.1) is 23.6 Å².